The van der Waals surface area contributed by atoms with Crippen LogP contribution in [-0.2, 0) is 16.1 Å². The molecule has 0 aliphatic carbocycles. The molecule has 2 heterocycles. The lowest BCUT2D eigenvalue weighted by molar-refractivity contribution is -0.136. The molecular formula is C16H15N5O3. The smallest absolute Gasteiger partial charge is 0.314 e. The Morgan fingerprint density at radius 2 is 2.00 bits per heavy atom. The molecule has 0 saturated heterocycles. The van der Waals surface area contributed by atoms with E-state index in [1.165, 1.54) is 0 Å². The summed E-state index contributed by atoms with van der Waals surface area (Å²) in [6, 6.07) is 10.7. The summed E-state index contributed by atoms with van der Waals surface area (Å²) in [5, 5.41) is 12.3. The molecule has 2 aromatic heterocycles. The van der Waals surface area contributed by atoms with E-state index < -0.39 is 11.8 Å². The Balaban J connectivity index is 1.64. The maximum atomic E-state index is 12.0. The maximum Gasteiger partial charge on any atom is 0.314 e. The molecule has 122 valence electrons. The van der Waals surface area contributed by atoms with Gasteiger partial charge in [0.25, 0.3) is 0 Å². The molecule has 8 nitrogen and oxygen atoms in total. The molecular weight excluding hydrogens is 310 g/mol. The number of fused-ring (bicyclic) bond motifs is 1. The van der Waals surface area contributed by atoms with Crippen LogP contribution < -0.4 is 15.4 Å². The molecule has 0 aliphatic heterocycles. The van der Waals surface area contributed by atoms with Gasteiger partial charge in [-0.3, -0.25) is 14.7 Å². The number of amides is 2. The van der Waals surface area contributed by atoms with Crippen LogP contribution in [-0.4, -0.2) is 34.1 Å². The average Bonchev–Trinajstić information content (AvgIpc) is 3.03. The van der Waals surface area contributed by atoms with Gasteiger partial charge in [0.1, 0.15) is 11.6 Å². The Morgan fingerprint density at radius 3 is 2.83 bits per heavy atom. The number of pyridine rings is 1. The number of benzene rings is 1. The minimum absolute atomic E-state index is 0.182. The summed E-state index contributed by atoms with van der Waals surface area (Å²) in [6.07, 6.45) is 1.59. The lowest BCUT2D eigenvalue weighted by Crippen LogP contribution is -2.35. The number of methoxy groups -OCH3 is 1. The molecule has 0 atom stereocenters. The summed E-state index contributed by atoms with van der Waals surface area (Å²) >= 11 is 0. The number of nitrogens with one attached hydrogen (secondary N) is 3. The molecule has 8 heteroatoms. The Bertz CT molecular complexity index is 890. The van der Waals surface area contributed by atoms with Crippen molar-refractivity contribution in [2.45, 2.75) is 6.54 Å². The first-order chi connectivity index (χ1) is 11.7. The molecule has 0 fully saturated rings. The fourth-order valence-electron chi connectivity index (χ4n) is 2.22. The van der Waals surface area contributed by atoms with E-state index >= 15 is 0 Å². The van der Waals surface area contributed by atoms with E-state index in [2.05, 4.69) is 25.8 Å². The molecule has 0 spiro atoms. The van der Waals surface area contributed by atoms with Crippen molar-refractivity contribution in [3.8, 4) is 5.75 Å². The highest BCUT2D eigenvalue weighted by molar-refractivity contribution is 6.40. The maximum absolute atomic E-state index is 12.0. The predicted octanol–water partition coefficient (Wildman–Crippen LogP) is 1.22. The van der Waals surface area contributed by atoms with Gasteiger partial charge >= 0.3 is 11.8 Å². The van der Waals surface area contributed by atoms with Crippen molar-refractivity contribution in [1.29, 1.82) is 0 Å². The molecule has 3 rings (SSSR count). The molecule has 2 amide bonds. The largest absolute Gasteiger partial charge is 0.496 e. The highest BCUT2D eigenvalue weighted by Gasteiger charge is 2.16. The number of rotatable bonds is 4. The predicted molar refractivity (Wildman–Crippen MR) is 87.4 cm³/mol. The first-order valence-corrected chi connectivity index (χ1v) is 7.19. The Hall–Kier alpha value is -3.42. The van der Waals surface area contributed by atoms with Gasteiger partial charge in [-0.15, -0.1) is 0 Å². The second kappa shape index (κ2) is 6.78. The van der Waals surface area contributed by atoms with E-state index in [0.29, 0.717) is 22.6 Å². The van der Waals surface area contributed by atoms with Gasteiger partial charge in [-0.2, -0.15) is 5.10 Å². The van der Waals surface area contributed by atoms with Crippen LogP contribution in [0.4, 0.5) is 5.82 Å². The van der Waals surface area contributed by atoms with Gasteiger partial charge in [-0.05, 0) is 18.2 Å². The zero-order chi connectivity index (χ0) is 16.9. The van der Waals surface area contributed by atoms with Crippen molar-refractivity contribution in [3.63, 3.8) is 0 Å². The minimum Gasteiger partial charge on any atom is -0.496 e. The van der Waals surface area contributed by atoms with Gasteiger partial charge in [-0.1, -0.05) is 18.2 Å². The van der Waals surface area contributed by atoms with Crippen LogP contribution in [0.25, 0.3) is 11.0 Å². The number of hydrogen-bond acceptors (Lipinski definition) is 5. The highest BCUT2D eigenvalue weighted by Crippen LogP contribution is 2.18. The van der Waals surface area contributed by atoms with Crippen LogP contribution in [0.1, 0.15) is 5.56 Å². The fraction of sp³-hybridized carbons (Fsp3) is 0.125. The van der Waals surface area contributed by atoms with Crippen molar-refractivity contribution < 1.29 is 14.3 Å². The van der Waals surface area contributed by atoms with Gasteiger partial charge in [0.15, 0.2) is 5.65 Å². The first kappa shape index (κ1) is 15.5. The van der Waals surface area contributed by atoms with E-state index in [4.69, 9.17) is 4.74 Å². The summed E-state index contributed by atoms with van der Waals surface area (Å²) in [7, 11) is 1.55. The minimum atomic E-state index is -0.792. The molecule has 3 aromatic rings. The van der Waals surface area contributed by atoms with Crippen molar-refractivity contribution >= 4 is 28.7 Å². The fourth-order valence-corrected chi connectivity index (χ4v) is 2.22. The Kier molecular flexibility index (Phi) is 4.37. The van der Waals surface area contributed by atoms with Crippen LogP contribution in [0.2, 0.25) is 0 Å². The number of nitrogens with zero attached hydrogens (tertiary/aromatic N) is 2. The number of ether oxygens (including phenoxy) is 1. The van der Waals surface area contributed by atoms with Crippen molar-refractivity contribution in [1.82, 2.24) is 20.5 Å². The second-order valence-electron chi connectivity index (χ2n) is 4.92. The Morgan fingerprint density at radius 1 is 1.17 bits per heavy atom. The number of para-hydroxylation sites is 1. The number of aromatic nitrogens is 3. The number of anilines is 1. The summed E-state index contributed by atoms with van der Waals surface area (Å²) < 4.78 is 5.20. The SMILES string of the molecule is COc1ccccc1CNC(=O)C(=O)Nc1[nH]nc2ncccc12. The zero-order valence-corrected chi connectivity index (χ0v) is 12.9. The van der Waals surface area contributed by atoms with Crippen LogP contribution in [0, 0.1) is 0 Å². The van der Waals surface area contributed by atoms with Crippen LogP contribution >= 0.6 is 0 Å². The molecule has 0 unspecified atom stereocenters. The summed E-state index contributed by atoms with van der Waals surface area (Å²) in [5.41, 5.74) is 1.24. The standard InChI is InChI=1S/C16H15N5O3/c1-24-12-7-3-2-5-10(12)9-18-15(22)16(23)19-14-11-6-4-8-17-13(11)20-21-14/h2-8H,9H2,1H3,(H,18,22)(H2,17,19,20,21,23). The number of H-pyrrole nitrogens is 1. The van der Waals surface area contributed by atoms with Gasteiger partial charge in [0.05, 0.1) is 12.5 Å². The van der Waals surface area contributed by atoms with E-state index in [1.807, 2.05) is 18.2 Å². The lowest BCUT2D eigenvalue weighted by Gasteiger charge is -2.09. The van der Waals surface area contributed by atoms with Crippen LogP contribution in [0.5, 0.6) is 5.75 Å². The molecule has 0 bridgehead atoms. The Labute approximate surface area is 137 Å². The quantitative estimate of drug-likeness (QED) is 0.625. The third kappa shape index (κ3) is 3.17. The van der Waals surface area contributed by atoms with E-state index in [1.54, 1.807) is 31.5 Å². The number of hydrogen-bond donors (Lipinski definition) is 3. The number of carbonyl (C=O) groups excluding carboxylic acids is 2. The molecule has 24 heavy (non-hydrogen) atoms. The van der Waals surface area contributed by atoms with Crippen molar-refractivity contribution in [3.05, 3.63) is 48.2 Å². The third-order valence-corrected chi connectivity index (χ3v) is 3.41. The van der Waals surface area contributed by atoms with E-state index in [0.717, 1.165) is 5.56 Å². The molecule has 0 radical (unpaired) electrons. The first-order valence-electron chi connectivity index (χ1n) is 7.19. The highest BCUT2D eigenvalue weighted by atomic mass is 16.5. The third-order valence-electron chi connectivity index (χ3n) is 3.41. The van der Waals surface area contributed by atoms with E-state index in [-0.39, 0.29) is 6.54 Å². The van der Waals surface area contributed by atoms with Crippen molar-refractivity contribution in [2.24, 2.45) is 0 Å². The zero-order valence-electron chi connectivity index (χ0n) is 12.9. The summed E-state index contributed by atoms with van der Waals surface area (Å²) in [5.74, 6) is -0.578. The topological polar surface area (TPSA) is 109 Å². The average molecular weight is 325 g/mol. The second-order valence-corrected chi connectivity index (χ2v) is 4.92. The monoisotopic (exact) mass is 325 g/mol. The molecule has 1 aromatic carbocycles. The van der Waals surface area contributed by atoms with Crippen LogP contribution in [0.15, 0.2) is 42.6 Å². The normalized spacial score (nSPS) is 10.4. The van der Waals surface area contributed by atoms with Gasteiger partial charge in [0, 0.05) is 18.3 Å². The molecule has 3 N–H and O–H groups in total. The van der Waals surface area contributed by atoms with Gasteiger partial charge in [-0.25, -0.2) is 4.98 Å². The van der Waals surface area contributed by atoms with Gasteiger partial charge < -0.3 is 15.4 Å². The van der Waals surface area contributed by atoms with Crippen molar-refractivity contribution in [2.75, 3.05) is 12.4 Å². The molecule has 0 saturated carbocycles. The number of aromatic amines is 1. The number of carbonyl (C=O) groups is 2. The van der Waals surface area contributed by atoms with Gasteiger partial charge in [0.2, 0.25) is 0 Å². The summed E-state index contributed by atoms with van der Waals surface area (Å²) in [6.45, 7) is 0.182. The summed E-state index contributed by atoms with van der Waals surface area (Å²) in [4.78, 5) is 28.0. The van der Waals surface area contributed by atoms with E-state index in [9.17, 15) is 9.59 Å². The van der Waals surface area contributed by atoms with Crippen LogP contribution in [0.3, 0.4) is 0 Å². The lowest BCUT2D eigenvalue weighted by atomic mass is 10.2. The molecule has 0 aliphatic rings.